The number of rotatable bonds is 6. The van der Waals surface area contributed by atoms with Crippen LogP contribution in [-0.4, -0.2) is 40.2 Å². The number of hydrogen-bond acceptors (Lipinski definition) is 5. The van der Waals surface area contributed by atoms with E-state index < -0.39 is 6.04 Å². The van der Waals surface area contributed by atoms with Gasteiger partial charge in [0.2, 0.25) is 11.8 Å². The summed E-state index contributed by atoms with van der Waals surface area (Å²) >= 11 is 7.32. The van der Waals surface area contributed by atoms with Crippen molar-refractivity contribution < 1.29 is 14.4 Å². The molecule has 0 radical (unpaired) electrons. The average molecular weight is 481 g/mol. The van der Waals surface area contributed by atoms with Crippen LogP contribution in [0.4, 0.5) is 5.13 Å². The van der Waals surface area contributed by atoms with Gasteiger partial charge >= 0.3 is 0 Å². The highest BCUT2D eigenvalue weighted by atomic mass is 35.5. The first-order valence-electron chi connectivity index (χ1n) is 10.6. The molecular weight excluding hydrogens is 460 g/mol. The number of aryl methyl sites for hydroxylation is 1. The number of fused-ring (bicyclic) bond motifs is 1. The normalized spacial score (nSPS) is 17.1. The minimum Gasteiger partial charge on any atom is -0.345 e. The van der Waals surface area contributed by atoms with Gasteiger partial charge in [-0.3, -0.25) is 14.4 Å². The molecule has 0 spiro atoms. The van der Waals surface area contributed by atoms with Crippen molar-refractivity contribution in [3.05, 3.63) is 69.6 Å². The molecule has 1 saturated carbocycles. The van der Waals surface area contributed by atoms with Gasteiger partial charge < -0.3 is 15.5 Å². The van der Waals surface area contributed by atoms with Crippen molar-refractivity contribution in [2.45, 2.75) is 31.8 Å². The Bertz CT molecular complexity index is 1250. The van der Waals surface area contributed by atoms with Crippen LogP contribution < -0.4 is 10.6 Å². The lowest BCUT2D eigenvalue weighted by molar-refractivity contribution is -0.127. The summed E-state index contributed by atoms with van der Waals surface area (Å²) in [5.74, 6) is -0.853. The summed E-state index contributed by atoms with van der Waals surface area (Å²) < 4.78 is 0. The number of thiazole rings is 1. The number of carbonyl (C=O) groups is 3. The highest BCUT2D eigenvalue weighted by molar-refractivity contribution is 7.16. The van der Waals surface area contributed by atoms with Crippen molar-refractivity contribution >= 4 is 45.8 Å². The Kier molecular flexibility index (Phi) is 5.64. The Morgan fingerprint density at radius 1 is 1.15 bits per heavy atom. The Morgan fingerprint density at radius 3 is 2.61 bits per heavy atom. The molecule has 3 aromatic rings. The van der Waals surface area contributed by atoms with E-state index in [0.717, 1.165) is 29.0 Å². The van der Waals surface area contributed by atoms with Crippen LogP contribution in [0.2, 0.25) is 5.02 Å². The van der Waals surface area contributed by atoms with E-state index in [0.29, 0.717) is 21.3 Å². The van der Waals surface area contributed by atoms with Crippen molar-refractivity contribution in [1.29, 1.82) is 0 Å². The summed E-state index contributed by atoms with van der Waals surface area (Å²) in [4.78, 5) is 45.4. The quantitative estimate of drug-likeness (QED) is 0.553. The fourth-order valence-corrected chi connectivity index (χ4v) is 5.06. The molecule has 0 saturated heterocycles. The molecule has 1 aliphatic heterocycles. The molecule has 33 heavy (non-hydrogen) atoms. The monoisotopic (exact) mass is 480 g/mol. The number of halogens is 1. The second-order valence-corrected chi connectivity index (χ2v) is 9.77. The van der Waals surface area contributed by atoms with Gasteiger partial charge in [0.05, 0.1) is 12.2 Å². The Balaban J connectivity index is 1.24. The topological polar surface area (TPSA) is 91.4 Å². The van der Waals surface area contributed by atoms with E-state index in [4.69, 9.17) is 11.6 Å². The fourth-order valence-electron chi connectivity index (χ4n) is 4.09. The first-order chi connectivity index (χ1) is 15.9. The summed E-state index contributed by atoms with van der Waals surface area (Å²) in [5, 5.41) is 6.54. The largest absolute Gasteiger partial charge is 0.345 e. The standard InChI is InChI=1S/C24H21ClN4O3S/c1-13-20(14-6-8-15(25)9-7-14)28-24(33-13)27-19(30)12-26-22(31)21-17-4-2-3-5-18(17)23(32)29(21)16-10-11-16/h2-9,16,21H,10-12H2,1H3,(H,26,31)(H,27,28,30). The molecule has 2 heterocycles. The number of nitrogens with one attached hydrogen (secondary N) is 2. The van der Waals surface area contributed by atoms with Crippen LogP contribution >= 0.6 is 22.9 Å². The maximum Gasteiger partial charge on any atom is 0.255 e. The first kappa shape index (κ1) is 21.6. The zero-order valence-corrected chi connectivity index (χ0v) is 19.4. The smallest absolute Gasteiger partial charge is 0.255 e. The second kappa shape index (κ2) is 8.61. The van der Waals surface area contributed by atoms with E-state index >= 15 is 0 Å². The predicted octanol–water partition coefficient (Wildman–Crippen LogP) is 4.19. The molecular formula is C24H21ClN4O3S. The summed E-state index contributed by atoms with van der Waals surface area (Å²) in [6.07, 6.45) is 1.78. The Morgan fingerprint density at radius 2 is 1.88 bits per heavy atom. The zero-order valence-electron chi connectivity index (χ0n) is 17.8. The lowest BCUT2D eigenvalue weighted by Gasteiger charge is -2.24. The van der Waals surface area contributed by atoms with Crippen LogP contribution in [0, 0.1) is 6.92 Å². The number of amides is 3. The Labute approximate surface area is 199 Å². The molecule has 1 unspecified atom stereocenters. The van der Waals surface area contributed by atoms with E-state index in [1.807, 2.05) is 25.1 Å². The number of benzene rings is 2. The molecule has 1 aromatic heterocycles. The second-order valence-electron chi connectivity index (χ2n) is 8.13. The average Bonchev–Trinajstić information content (AvgIpc) is 3.52. The lowest BCUT2D eigenvalue weighted by atomic mass is 10.0. The predicted molar refractivity (Wildman–Crippen MR) is 127 cm³/mol. The molecule has 0 bridgehead atoms. The summed E-state index contributed by atoms with van der Waals surface area (Å²) in [7, 11) is 0. The van der Waals surface area contributed by atoms with E-state index in [-0.39, 0.29) is 30.3 Å². The maximum atomic E-state index is 13.0. The number of anilines is 1. The minimum atomic E-state index is -0.701. The molecule has 7 nitrogen and oxygen atoms in total. The van der Waals surface area contributed by atoms with Gasteiger partial charge in [0, 0.05) is 27.1 Å². The van der Waals surface area contributed by atoms with Crippen LogP contribution in [0.5, 0.6) is 0 Å². The highest BCUT2D eigenvalue weighted by Gasteiger charge is 2.47. The summed E-state index contributed by atoms with van der Waals surface area (Å²) in [6.45, 7) is 1.72. The van der Waals surface area contributed by atoms with Gasteiger partial charge in [0.25, 0.3) is 5.91 Å². The van der Waals surface area contributed by atoms with E-state index in [9.17, 15) is 14.4 Å². The van der Waals surface area contributed by atoms with Crippen molar-refractivity contribution in [3.63, 3.8) is 0 Å². The maximum absolute atomic E-state index is 13.0. The van der Waals surface area contributed by atoms with Crippen molar-refractivity contribution in [1.82, 2.24) is 15.2 Å². The van der Waals surface area contributed by atoms with Gasteiger partial charge in [-0.2, -0.15) is 0 Å². The molecule has 168 valence electrons. The SMILES string of the molecule is Cc1sc(NC(=O)CNC(=O)C2c3ccccc3C(=O)N2C2CC2)nc1-c1ccc(Cl)cc1. The molecule has 1 atom stereocenters. The van der Waals surface area contributed by atoms with Crippen LogP contribution in [0.15, 0.2) is 48.5 Å². The molecule has 2 aliphatic rings. The van der Waals surface area contributed by atoms with Crippen LogP contribution in [0.25, 0.3) is 11.3 Å². The minimum absolute atomic E-state index is 0.0825. The third-order valence-corrected chi connectivity index (χ3v) is 6.91. The van der Waals surface area contributed by atoms with Gasteiger partial charge in [0.1, 0.15) is 6.04 Å². The summed E-state index contributed by atoms with van der Waals surface area (Å²) in [6, 6.07) is 13.9. The zero-order chi connectivity index (χ0) is 23.1. The summed E-state index contributed by atoms with van der Waals surface area (Å²) in [5.41, 5.74) is 2.93. The number of nitrogens with zero attached hydrogens (tertiary/aromatic N) is 2. The third kappa shape index (κ3) is 4.24. The lowest BCUT2D eigenvalue weighted by Crippen LogP contribution is -2.42. The van der Waals surface area contributed by atoms with E-state index in [2.05, 4.69) is 15.6 Å². The molecule has 1 fully saturated rings. The van der Waals surface area contributed by atoms with Crippen molar-refractivity contribution in [2.24, 2.45) is 0 Å². The Hall–Kier alpha value is -3.23. The number of aromatic nitrogens is 1. The van der Waals surface area contributed by atoms with Crippen molar-refractivity contribution in [3.8, 4) is 11.3 Å². The number of carbonyl (C=O) groups excluding carboxylic acids is 3. The van der Waals surface area contributed by atoms with Gasteiger partial charge in [-0.15, -0.1) is 11.3 Å². The molecule has 1 aliphatic carbocycles. The first-order valence-corrected chi connectivity index (χ1v) is 11.8. The van der Waals surface area contributed by atoms with Gasteiger partial charge in [-0.05, 0) is 43.5 Å². The molecule has 2 aromatic carbocycles. The van der Waals surface area contributed by atoms with Gasteiger partial charge in [-0.25, -0.2) is 4.98 Å². The fraction of sp³-hybridized carbons (Fsp3) is 0.250. The molecule has 3 amide bonds. The van der Waals surface area contributed by atoms with Crippen LogP contribution in [0.3, 0.4) is 0 Å². The van der Waals surface area contributed by atoms with Crippen molar-refractivity contribution in [2.75, 3.05) is 11.9 Å². The van der Waals surface area contributed by atoms with Crippen LogP contribution in [-0.2, 0) is 9.59 Å². The van der Waals surface area contributed by atoms with Gasteiger partial charge in [-0.1, -0.05) is 41.9 Å². The van der Waals surface area contributed by atoms with Crippen LogP contribution in [0.1, 0.15) is 39.7 Å². The van der Waals surface area contributed by atoms with Gasteiger partial charge in [0.15, 0.2) is 5.13 Å². The molecule has 2 N–H and O–H groups in total. The van der Waals surface area contributed by atoms with E-state index in [1.165, 1.54) is 11.3 Å². The molecule has 9 heteroatoms. The van der Waals surface area contributed by atoms with E-state index in [1.54, 1.807) is 35.2 Å². The number of hydrogen-bond donors (Lipinski definition) is 2. The molecule has 5 rings (SSSR count). The highest BCUT2D eigenvalue weighted by Crippen LogP contribution is 2.41. The third-order valence-electron chi connectivity index (χ3n) is 5.77.